The Balaban J connectivity index is 1.96. The molecule has 210 valence electrons. The van der Waals surface area contributed by atoms with Crippen molar-refractivity contribution >= 4 is 16.9 Å². The molecule has 1 aliphatic heterocycles. The molecule has 0 spiro atoms. The normalized spacial score (nSPS) is 17.2. The van der Waals surface area contributed by atoms with Gasteiger partial charge in [0, 0.05) is 42.4 Å². The van der Waals surface area contributed by atoms with Crippen LogP contribution in [0.4, 0.5) is 10.2 Å². The highest BCUT2D eigenvalue weighted by atomic mass is 19.1. The molecule has 4 aromatic rings. The van der Waals surface area contributed by atoms with Crippen LogP contribution in [-0.4, -0.2) is 35.2 Å². The van der Waals surface area contributed by atoms with E-state index < -0.39 is 11.5 Å². The number of halogens is 1. The lowest BCUT2D eigenvalue weighted by molar-refractivity contribution is -0.569. The second-order valence-electron chi connectivity index (χ2n) is 10.9. The van der Waals surface area contributed by atoms with Crippen LogP contribution < -0.4 is 20.6 Å². The Morgan fingerprint density at radius 3 is 2.33 bits per heavy atom. The van der Waals surface area contributed by atoms with Crippen molar-refractivity contribution in [2.24, 2.45) is 0 Å². The van der Waals surface area contributed by atoms with Crippen molar-refractivity contribution in [3.8, 4) is 16.9 Å². The minimum atomic E-state index is -0.651. The maximum atomic E-state index is 15.9. The number of nitrogens with one attached hydrogen (secondary N) is 1. The predicted octanol–water partition coefficient (Wildman–Crippen LogP) is 5.65. The molecule has 2 aromatic carbocycles. The fourth-order valence-corrected chi connectivity index (χ4v) is 5.74. The second kappa shape index (κ2) is 11.4. The molecular weight excluding hydrogens is 505 g/mol. The molecule has 2 aromatic heterocycles. The van der Waals surface area contributed by atoms with Crippen molar-refractivity contribution in [2.45, 2.75) is 65.3 Å². The summed E-state index contributed by atoms with van der Waals surface area (Å²) >= 11 is 0. The summed E-state index contributed by atoms with van der Waals surface area (Å²) in [5.41, 5.74) is 2.52. The van der Waals surface area contributed by atoms with Gasteiger partial charge in [-0.2, -0.15) is 4.98 Å². The highest BCUT2D eigenvalue weighted by Crippen LogP contribution is 2.36. The average molecular weight is 544 g/mol. The summed E-state index contributed by atoms with van der Waals surface area (Å²) in [6.07, 6.45) is 1.71. The zero-order valence-electron chi connectivity index (χ0n) is 23.9. The number of nitrogens with zero attached hydrogens (tertiary/aromatic N) is 4. The van der Waals surface area contributed by atoms with Gasteiger partial charge in [0.05, 0.1) is 0 Å². The Hall–Kier alpha value is -3.78. The van der Waals surface area contributed by atoms with Crippen molar-refractivity contribution < 1.29 is 9.12 Å². The SMILES string of the molecule is CCC(C)c1cccc(C(C)CC)c1-n1c(=O)nc(N2CCNC[C@@H]2C)c2cc(F)c(-c3ccccc3)[n+]([O-])c21. The number of fused-ring (bicyclic) bond motifs is 1. The number of para-hydroxylation sites is 1. The molecule has 1 saturated heterocycles. The van der Waals surface area contributed by atoms with E-state index in [1.165, 1.54) is 10.6 Å². The summed E-state index contributed by atoms with van der Waals surface area (Å²) in [7, 11) is 0. The molecule has 0 bridgehead atoms. The van der Waals surface area contributed by atoms with E-state index in [0.717, 1.165) is 24.0 Å². The van der Waals surface area contributed by atoms with Gasteiger partial charge in [0.1, 0.15) is 11.1 Å². The molecule has 8 heteroatoms. The Kier molecular flexibility index (Phi) is 7.90. The number of piperazine rings is 1. The lowest BCUT2D eigenvalue weighted by Gasteiger charge is -2.35. The standard InChI is InChI=1S/C32H38FN5O2/c1-6-20(3)24-14-11-15-25(21(4)7-2)29(24)37-31-26(30(35-32(37)39)36-17-16-34-19-22(36)5)18-27(33)28(38(31)40)23-12-9-8-10-13-23/h8-15,18,20-22,34H,6-7,16-17,19H2,1-5H3/t20?,21?,22-/m0/s1. The third-order valence-corrected chi connectivity index (χ3v) is 8.41. The number of pyridine rings is 1. The number of hydrogen-bond acceptors (Lipinski definition) is 5. The van der Waals surface area contributed by atoms with Crippen LogP contribution >= 0.6 is 0 Å². The molecule has 2 unspecified atom stereocenters. The van der Waals surface area contributed by atoms with Crippen LogP contribution in [0.1, 0.15) is 70.4 Å². The third-order valence-electron chi connectivity index (χ3n) is 8.41. The van der Waals surface area contributed by atoms with E-state index in [1.54, 1.807) is 24.3 Å². The summed E-state index contributed by atoms with van der Waals surface area (Å²) in [5, 5.41) is 18.0. The van der Waals surface area contributed by atoms with Crippen molar-refractivity contribution in [2.75, 3.05) is 24.5 Å². The minimum Gasteiger partial charge on any atom is -0.710 e. The maximum Gasteiger partial charge on any atom is 0.442 e. The molecule has 0 saturated carbocycles. The Bertz CT molecular complexity index is 1560. The molecule has 3 heterocycles. The van der Waals surface area contributed by atoms with Gasteiger partial charge >= 0.3 is 11.3 Å². The highest BCUT2D eigenvalue weighted by molar-refractivity contribution is 5.88. The number of rotatable bonds is 7. The largest absolute Gasteiger partial charge is 0.710 e. The molecule has 0 radical (unpaired) electrons. The van der Waals surface area contributed by atoms with Crippen LogP contribution in [0.3, 0.4) is 0 Å². The van der Waals surface area contributed by atoms with E-state index in [0.29, 0.717) is 46.8 Å². The Morgan fingerprint density at radius 1 is 1.07 bits per heavy atom. The molecule has 3 atom stereocenters. The Morgan fingerprint density at radius 2 is 1.73 bits per heavy atom. The van der Waals surface area contributed by atoms with Gasteiger partial charge < -0.3 is 15.4 Å². The zero-order valence-corrected chi connectivity index (χ0v) is 23.9. The summed E-state index contributed by atoms with van der Waals surface area (Å²) in [4.78, 5) is 20.8. The fraction of sp³-hybridized carbons (Fsp3) is 0.406. The van der Waals surface area contributed by atoms with Crippen LogP contribution in [0.15, 0.2) is 59.4 Å². The topological polar surface area (TPSA) is 77.1 Å². The molecule has 1 N–H and O–H groups in total. The van der Waals surface area contributed by atoms with Gasteiger partial charge in [0.15, 0.2) is 17.3 Å². The van der Waals surface area contributed by atoms with E-state index in [9.17, 15) is 10.0 Å². The van der Waals surface area contributed by atoms with Crippen LogP contribution in [-0.2, 0) is 0 Å². The first-order valence-electron chi connectivity index (χ1n) is 14.3. The number of benzene rings is 2. The van der Waals surface area contributed by atoms with Gasteiger partial charge in [-0.05, 0) is 37.7 Å². The first-order chi connectivity index (χ1) is 19.3. The molecular formula is C32H38FN5O2. The lowest BCUT2D eigenvalue weighted by Crippen LogP contribution is -2.51. The molecule has 0 aliphatic carbocycles. The van der Waals surface area contributed by atoms with E-state index in [1.807, 2.05) is 36.1 Å². The molecule has 5 rings (SSSR count). The minimum absolute atomic E-state index is 0.0136. The molecule has 1 aliphatic rings. The smallest absolute Gasteiger partial charge is 0.442 e. The first-order valence-corrected chi connectivity index (χ1v) is 14.3. The maximum absolute atomic E-state index is 15.9. The fourth-order valence-electron chi connectivity index (χ4n) is 5.74. The van der Waals surface area contributed by atoms with Gasteiger partial charge in [-0.25, -0.2) is 13.9 Å². The highest BCUT2D eigenvalue weighted by Gasteiger charge is 2.33. The molecule has 7 nitrogen and oxygen atoms in total. The van der Waals surface area contributed by atoms with Crippen LogP contribution in [0.5, 0.6) is 0 Å². The van der Waals surface area contributed by atoms with Gasteiger partial charge in [0.25, 0.3) is 0 Å². The van der Waals surface area contributed by atoms with Crippen molar-refractivity contribution in [1.29, 1.82) is 0 Å². The van der Waals surface area contributed by atoms with Crippen LogP contribution in [0.2, 0.25) is 0 Å². The summed E-state index contributed by atoms with van der Waals surface area (Å²) in [5.74, 6) is -0.0486. The summed E-state index contributed by atoms with van der Waals surface area (Å²) in [6.45, 7) is 12.5. The van der Waals surface area contributed by atoms with Gasteiger partial charge in [0.2, 0.25) is 0 Å². The van der Waals surface area contributed by atoms with Crippen LogP contribution in [0, 0.1) is 11.0 Å². The molecule has 0 amide bonds. The summed E-state index contributed by atoms with van der Waals surface area (Å²) < 4.78 is 18.0. The first kappa shape index (κ1) is 27.8. The van der Waals surface area contributed by atoms with E-state index in [4.69, 9.17) is 0 Å². The number of hydrogen-bond donors (Lipinski definition) is 1. The predicted molar refractivity (Wildman–Crippen MR) is 159 cm³/mol. The molecule has 1 fully saturated rings. The van der Waals surface area contributed by atoms with Crippen molar-refractivity contribution in [3.05, 3.63) is 87.2 Å². The van der Waals surface area contributed by atoms with E-state index >= 15 is 4.39 Å². The van der Waals surface area contributed by atoms with E-state index in [-0.39, 0.29) is 29.2 Å². The molecule has 40 heavy (non-hydrogen) atoms. The third kappa shape index (κ3) is 4.74. The monoisotopic (exact) mass is 543 g/mol. The van der Waals surface area contributed by atoms with Gasteiger partial charge in [-0.1, -0.05) is 76.2 Å². The van der Waals surface area contributed by atoms with Gasteiger partial charge in [-0.15, -0.1) is 4.57 Å². The second-order valence-corrected chi connectivity index (χ2v) is 10.9. The summed E-state index contributed by atoms with van der Waals surface area (Å²) in [6, 6.07) is 16.2. The quantitative estimate of drug-likeness (QED) is 0.241. The van der Waals surface area contributed by atoms with E-state index in [2.05, 4.69) is 38.0 Å². The zero-order chi connectivity index (χ0) is 28.6. The number of anilines is 1. The Labute approximate surface area is 234 Å². The average Bonchev–Trinajstić information content (AvgIpc) is 2.97. The van der Waals surface area contributed by atoms with Gasteiger partial charge in [-0.3, -0.25) is 0 Å². The van der Waals surface area contributed by atoms with Crippen LogP contribution in [0.25, 0.3) is 28.0 Å². The van der Waals surface area contributed by atoms with Crippen molar-refractivity contribution in [3.63, 3.8) is 0 Å². The van der Waals surface area contributed by atoms with Crippen molar-refractivity contribution in [1.82, 2.24) is 14.9 Å². The lowest BCUT2D eigenvalue weighted by atomic mass is 9.89. The number of aromatic nitrogens is 3.